The van der Waals surface area contributed by atoms with Gasteiger partial charge in [0.15, 0.2) is 0 Å². The van der Waals surface area contributed by atoms with E-state index in [0.717, 1.165) is 0 Å². The molecule has 0 rings (SSSR count). The second-order valence-electron chi connectivity index (χ2n) is 4.07. The predicted molar refractivity (Wildman–Crippen MR) is 54.8 cm³/mol. The number of carboxylic acid groups (broad SMARTS) is 1. The van der Waals surface area contributed by atoms with Crippen LogP contribution in [0, 0.1) is 5.41 Å². The molecule has 2 atom stereocenters. The SMILES string of the molecule is CC=CCC(C)(C)C(O)C(N)C(=O)O. The van der Waals surface area contributed by atoms with Crippen molar-refractivity contribution in [1.82, 2.24) is 0 Å². The molecule has 0 bridgehead atoms. The van der Waals surface area contributed by atoms with Gasteiger partial charge in [-0.25, -0.2) is 0 Å². The van der Waals surface area contributed by atoms with Gasteiger partial charge in [-0.15, -0.1) is 0 Å². The molecule has 0 aromatic carbocycles. The summed E-state index contributed by atoms with van der Waals surface area (Å²) < 4.78 is 0. The maximum Gasteiger partial charge on any atom is 0.323 e. The van der Waals surface area contributed by atoms with Gasteiger partial charge in [0.2, 0.25) is 0 Å². The second kappa shape index (κ2) is 5.12. The first-order valence-electron chi connectivity index (χ1n) is 4.60. The zero-order chi connectivity index (χ0) is 11.4. The Bertz CT molecular complexity index is 223. The van der Waals surface area contributed by atoms with Crippen LogP contribution in [0.2, 0.25) is 0 Å². The number of aliphatic carboxylic acids is 1. The number of nitrogens with two attached hydrogens (primary N) is 1. The fraction of sp³-hybridized carbons (Fsp3) is 0.700. The molecule has 0 aliphatic heterocycles. The Hall–Kier alpha value is -0.870. The van der Waals surface area contributed by atoms with Gasteiger partial charge in [0.25, 0.3) is 0 Å². The van der Waals surface area contributed by atoms with Crippen molar-refractivity contribution in [3.8, 4) is 0 Å². The van der Waals surface area contributed by atoms with Gasteiger partial charge in [0.05, 0.1) is 6.10 Å². The first-order chi connectivity index (χ1) is 6.33. The lowest BCUT2D eigenvalue weighted by molar-refractivity contribution is -0.143. The topological polar surface area (TPSA) is 83.5 Å². The van der Waals surface area contributed by atoms with Crippen LogP contribution in [0.3, 0.4) is 0 Å². The quantitative estimate of drug-likeness (QED) is 0.573. The molecule has 0 aliphatic rings. The third-order valence-electron chi connectivity index (χ3n) is 2.31. The number of aliphatic hydroxyl groups is 1. The van der Waals surface area contributed by atoms with Gasteiger partial charge in [-0.3, -0.25) is 4.79 Å². The Morgan fingerprint density at radius 1 is 1.57 bits per heavy atom. The van der Waals surface area contributed by atoms with Crippen molar-refractivity contribution in [3.63, 3.8) is 0 Å². The lowest BCUT2D eigenvalue weighted by atomic mass is 9.80. The fourth-order valence-electron chi connectivity index (χ4n) is 1.16. The van der Waals surface area contributed by atoms with E-state index in [4.69, 9.17) is 10.8 Å². The molecule has 4 N–H and O–H groups in total. The monoisotopic (exact) mass is 201 g/mol. The summed E-state index contributed by atoms with van der Waals surface area (Å²) in [4.78, 5) is 10.6. The van der Waals surface area contributed by atoms with Crippen molar-refractivity contribution in [1.29, 1.82) is 0 Å². The van der Waals surface area contributed by atoms with E-state index in [1.807, 2.05) is 19.1 Å². The summed E-state index contributed by atoms with van der Waals surface area (Å²) in [6, 6.07) is -1.23. The fourth-order valence-corrected chi connectivity index (χ4v) is 1.16. The summed E-state index contributed by atoms with van der Waals surface area (Å²) in [6.07, 6.45) is 3.31. The van der Waals surface area contributed by atoms with Crippen molar-refractivity contribution < 1.29 is 15.0 Å². The van der Waals surface area contributed by atoms with Gasteiger partial charge < -0.3 is 15.9 Å². The first kappa shape index (κ1) is 13.1. The molecule has 0 saturated heterocycles. The highest BCUT2D eigenvalue weighted by Crippen LogP contribution is 2.27. The molecule has 0 aromatic heterocycles. The van der Waals surface area contributed by atoms with Crippen molar-refractivity contribution in [2.75, 3.05) is 0 Å². The third-order valence-corrected chi connectivity index (χ3v) is 2.31. The molecule has 0 radical (unpaired) electrons. The second-order valence-corrected chi connectivity index (χ2v) is 4.07. The third kappa shape index (κ3) is 3.47. The van der Waals surface area contributed by atoms with Crippen LogP contribution in [-0.4, -0.2) is 28.3 Å². The molecule has 82 valence electrons. The number of allylic oxidation sites excluding steroid dienone is 2. The zero-order valence-electron chi connectivity index (χ0n) is 8.90. The molecule has 0 amide bonds. The average molecular weight is 201 g/mol. The molecule has 2 unspecified atom stereocenters. The van der Waals surface area contributed by atoms with Gasteiger partial charge in [0, 0.05) is 0 Å². The smallest absolute Gasteiger partial charge is 0.323 e. The van der Waals surface area contributed by atoms with Gasteiger partial charge in [-0.1, -0.05) is 26.0 Å². The number of hydrogen-bond donors (Lipinski definition) is 3. The maximum absolute atomic E-state index is 10.6. The zero-order valence-corrected chi connectivity index (χ0v) is 8.90. The number of carboxylic acids is 1. The van der Waals surface area contributed by atoms with Crippen LogP contribution in [0.15, 0.2) is 12.2 Å². The molecular formula is C10H19NO3. The highest BCUT2D eigenvalue weighted by Gasteiger charge is 2.34. The lowest BCUT2D eigenvalue weighted by Crippen LogP contribution is -2.49. The van der Waals surface area contributed by atoms with Gasteiger partial charge in [-0.2, -0.15) is 0 Å². The minimum Gasteiger partial charge on any atom is -0.480 e. The molecule has 4 heteroatoms. The Kier molecular flexibility index (Phi) is 4.80. The molecule has 0 aliphatic carbocycles. The molecule has 0 saturated carbocycles. The van der Waals surface area contributed by atoms with E-state index in [1.165, 1.54) is 0 Å². The summed E-state index contributed by atoms with van der Waals surface area (Å²) >= 11 is 0. The van der Waals surface area contributed by atoms with Crippen LogP contribution in [0.4, 0.5) is 0 Å². The van der Waals surface area contributed by atoms with Crippen LogP contribution in [-0.2, 0) is 4.79 Å². The van der Waals surface area contributed by atoms with Crippen LogP contribution in [0.25, 0.3) is 0 Å². The van der Waals surface area contributed by atoms with E-state index in [0.29, 0.717) is 6.42 Å². The van der Waals surface area contributed by atoms with E-state index < -0.39 is 23.5 Å². The highest BCUT2D eigenvalue weighted by molar-refractivity contribution is 5.74. The summed E-state index contributed by atoms with van der Waals surface area (Å²) in [6.45, 7) is 5.46. The van der Waals surface area contributed by atoms with Crippen molar-refractivity contribution in [2.24, 2.45) is 11.1 Å². The van der Waals surface area contributed by atoms with E-state index in [9.17, 15) is 9.90 Å². The number of aliphatic hydroxyl groups excluding tert-OH is 1. The molecular weight excluding hydrogens is 182 g/mol. The van der Waals surface area contributed by atoms with Crippen LogP contribution >= 0.6 is 0 Å². The first-order valence-corrected chi connectivity index (χ1v) is 4.60. The summed E-state index contributed by atoms with van der Waals surface area (Å²) in [5, 5.41) is 18.3. The Morgan fingerprint density at radius 3 is 2.43 bits per heavy atom. The van der Waals surface area contributed by atoms with E-state index >= 15 is 0 Å². The van der Waals surface area contributed by atoms with E-state index in [2.05, 4.69) is 0 Å². The molecule has 0 aromatic rings. The number of rotatable bonds is 5. The number of hydrogen-bond acceptors (Lipinski definition) is 3. The summed E-state index contributed by atoms with van der Waals surface area (Å²) in [5.74, 6) is -1.17. The molecule has 0 fully saturated rings. The Labute approximate surface area is 84.4 Å². The van der Waals surface area contributed by atoms with Crippen LogP contribution < -0.4 is 5.73 Å². The van der Waals surface area contributed by atoms with Crippen LogP contribution in [0.5, 0.6) is 0 Å². The lowest BCUT2D eigenvalue weighted by Gasteiger charge is -2.31. The highest BCUT2D eigenvalue weighted by atomic mass is 16.4. The van der Waals surface area contributed by atoms with E-state index in [1.54, 1.807) is 13.8 Å². The minimum atomic E-state index is -1.23. The predicted octanol–water partition coefficient (Wildman–Crippen LogP) is 0.752. The minimum absolute atomic E-state index is 0.523. The van der Waals surface area contributed by atoms with Crippen molar-refractivity contribution in [3.05, 3.63) is 12.2 Å². The normalized spacial score (nSPS) is 16.9. The average Bonchev–Trinajstić information content (AvgIpc) is 2.12. The summed E-state index contributed by atoms with van der Waals surface area (Å²) in [5.41, 5.74) is 4.82. The standard InChI is InChI=1S/C10H19NO3/c1-4-5-6-10(2,3)8(12)7(11)9(13)14/h4-5,7-8,12H,6,11H2,1-3H3,(H,13,14). The molecule has 0 heterocycles. The molecule has 4 nitrogen and oxygen atoms in total. The molecule has 14 heavy (non-hydrogen) atoms. The van der Waals surface area contributed by atoms with Gasteiger partial charge in [0.1, 0.15) is 6.04 Å². The number of carbonyl (C=O) groups is 1. The largest absolute Gasteiger partial charge is 0.480 e. The van der Waals surface area contributed by atoms with Crippen LogP contribution in [0.1, 0.15) is 27.2 Å². The Morgan fingerprint density at radius 2 is 2.07 bits per heavy atom. The van der Waals surface area contributed by atoms with Crippen molar-refractivity contribution >= 4 is 5.97 Å². The Balaban J connectivity index is 4.47. The van der Waals surface area contributed by atoms with E-state index in [-0.39, 0.29) is 0 Å². The van der Waals surface area contributed by atoms with Gasteiger partial charge in [-0.05, 0) is 18.8 Å². The van der Waals surface area contributed by atoms with Gasteiger partial charge >= 0.3 is 5.97 Å². The van der Waals surface area contributed by atoms with Crippen molar-refractivity contribution in [2.45, 2.75) is 39.3 Å². The maximum atomic E-state index is 10.6. The molecule has 0 spiro atoms. The summed E-state index contributed by atoms with van der Waals surface area (Å²) in [7, 11) is 0.